The SMILES string of the molecule is CC(C)(C)S(=O)N=Cc1cccc(Br)c1. The van der Waals surface area contributed by atoms with Gasteiger partial charge >= 0.3 is 0 Å². The molecular weight excluding hydrogens is 274 g/mol. The Labute approximate surface area is 102 Å². The summed E-state index contributed by atoms with van der Waals surface area (Å²) in [7, 11) is -1.19. The van der Waals surface area contributed by atoms with Gasteiger partial charge in [-0.15, -0.1) is 0 Å². The van der Waals surface area contributed by atoms with Crippen LogP contribution in [0.4, 0.5) is 0 Å². The first-order valence-electron chi connectivity index (χ1n) is 4.61. The molecule has 2 nitrogen and oxygen atoms in total. The lowest BCUT2D eigenvalue weighted by Crippen LogP contribution is -2.19. The topological polar surface area (TPSA) is 29.4 Å². The Morgan fingerprint density at radius 3 is 2.60 bits per heavy atom. The van der Waals surface area contributed by atoms with Gasteiger partial charge in [-0.1, -0.05) is 28.1 Å². The van der Waals surface area contributed by atoms with Crippen molar-refractivity contribution in [1.82, 2.24) is 0 Å². The van der Waals surface area contributed by atoms with Crippen LogP contribution in [0, 0.1) is 0 Å². The van der Waals surface area contributed by atoms with Gasteiger partial charge < -0.3 is 0 Å². The summed E-state index contributed by atoms with van der Waals surface area (Å²) >= 11 is 3.37. The molecule has 0 aliphatic carbocycles. The lowest BCUT2D eigenvalue weighted by molar-refractivity contribution is 0.651. The Morgan fingerprint density at radius 2 is 2.07 bits per heavy atom. The molecule has 1 rings (SSSR count). The van der Waals surface area contributed by atoms with Crippen LogP contribution in [0.25, 0.3) is 0 Å². The smallest absolute Gasteiger partial charge is 0.144 e. The van der Waals surface area contributed by atoms with Crippen molar-refractivity contribution in [2.45, 2.75) is 25.5 Å². The third-order valence-electron chi connectivity index (χ3n) is 1.67. The van der Waals surface area contributed by atoms with Crippen molar-refractivity contribution in [2.75, 3.05) is 0 Å². The van der Waals surface area contributed by atoms with E-state index in [2.05, 4.69) is 20.3 Å². The summed E-state index contributed by atoms with van der Waals surface area (Å²) in [5.41, 5.74) is 0.946. The zero-order valence-electron chi connectivity index (χ0n) is 9.03. The highest BCUT2D eigenvalue weighted by atomic mass is 79.9. The van der Waals surface area contributed by atoms with Gasteiger partial charge in [-0.25, -0.2) is 4.21 Å². The van der Waals surface area contributed by atoms with Crippen LogP contribution < -0.4 is 0 Å². The first-order chi connectivity index (χ1) is 6.89. The van der Waals surface area contributed by atoms with E-state index in [-0.39, 0.29) is 4.75 Å². The second-order valence-electron chi connectivity index (χ2n) is 4.15. The van der Waals surface area contributed by atoms with Gasteiger partial charge in [0.05, 0.1) is 4.75 Å². The molecule has 0 radical (unpaired) electrons. The van der Waals surface area contributed by atoms with Crippen LogP contribution in [0.2, 0.25) is 0 Å². The van der Waals surface area contributed by atoms with Crippen LogP contribution in [0.15, 0.2) is 33.1 Å². The predicted octanol–water partition coefficient (Wildman–Crippen LogP) is 3.33. The normalized spacial score (nSPS) is 14.4. The van der Waals surface area contributed by atoms with E-state index in [1.807, 2.05) is 45.0 Å². The number of halogens is 1. The van der Waals surface area contributed by atoms with Crippen LogP contribution in [0.5, 0.6) is 0 Å². The first-order valence-corrected chi connectivity index (χ1v) is 6.51. The fourth-order valence-electron chi connectivity index (χ4n) is 0.854. The largest absolute Gasteiger partial charge is 0.234 e. The Hall–Kier alpha value is -0.480. The zero-order valence-corrected chi connectivity index (χ0v) is 11.4. The van der Waals surface area contributed by atoms with E-state index in [0.717, 1.165) is 10.0 Å². The lowest BCUT2D eigenvalue weighted by Gasteiger charge is -2.12. The van der Waals surface area contributed by atoms with Crippen molar-refractivity contribution in [3.8, 4) is 0 Å². The van der Waals surface area contributed by atoms with Gasteiger partial charge in [-0.3, -0.25) is 0 Å². The van der Waals surface area contributed by atoms with Crippen molar-refractivity contribution >= 4 is 33.1 Å². The molecule has 1 aromatic rings. The molecule has 15 heavy (non-hydrogen) atoms. The molecule has 0 aliphatic heterocycles. The van der Waals surface area contributed by atoms with Gasteiger partial charge in [0.1, 0.15) is 11.0 Å². The lowest BCUT2D eigenvalue weighted by atomic mass is 10.2. The molecule has 0 aromatic heterocycles. The Kier molecular flexibility index (Phi) is 4.22. The molecule has 82 valence electrons. The summed E-state index contributed by atoms with van der Waals surface area (Å²) in [4.78, 5) is 0. The van der Waals surface area contributed by atoms with E-state index in [1.54, 1.807) is 6.21 Å². The van der Waals surface area contributed by atoms with Gasteiger partial charge in [-0.2, -0.15) is 4.40 Å². The average molecular weight is 288 g/mol. The Balaban J connectivity index is 2.79. The molecule has 1 unspecified atom stereocenters. The molecule has 0 aliphatic rings. The molecule has 0 amide bonds. The van der Waals surface area contributed by atoms with Crippen molar-refractivity contribution in [3.05, 3.63) is 34.3 Å². The van der Waals surface area contributed by atoms with Crippen molar-refractivity contribution in [1.29, 1.82) is 0 Å². The maximum absolute atomic E-state index is 11.6. The fraction of sp³-hybridized carbons (Fsp3) is 0.364. The maximum atomic E-state index is 11.6. The monoisotopic (exact) mass is 287 g/mol. The quantitative estimate of drug-likeness (QED) is 0.767. The molecule has 0 fully saturated rings. The second-order valence-corrected chi connectivity index (χ2v) is 7.00. The van der Waals surface area contributed by atoms with Crippen LogP contribution >= 0.6 is 15.9 Å². The molecule has 0 heterocycles. The van der Waals surface area contributed by atoms with Crippen molar-refractivity contribution in [3.63, 3.8) is 0 Å². The minimum atomic E-state index is -1.19. The predicted molar refractivity (Wildman–Crippen MR) is 69.6 cm³/mol. The highest BCUT2D eigenvalue weighted by Crippen LogP contribution is 2.13. The van der Waals surface area contributed by atoms with E-state index in [0.29, 0.717) is 0 Å². The average Bonchev–Trinajstić information content (AvgIpc) is 2.12. The Bertz CT molecular complexity index is 396. The molecule has 0 saturated carbocycles. The molecule has 0 saturated heterocycles. The molecular formula is C11H14BrNOS. The molecule has 0 N–H and O–H groups in total. The van der Waals surface area contributed by atoms with E-state index in [9.17, 15) is 4.21 Å². The maximum Gasteiger partial charge on any atom is 0.144 e. The van der Waals surface area contributed by atoms with Crippen LogP contribution in [0.3, 0.4) is 0 Å². The summed E-state index contributed by atoms with van der Waals surface area (Å²) in [6.45, 7) is 5.71. The van der Waals surface area contributed by atoms with Gasteiger partial charge in [0.2, 0.25) is 0 Å². The summed E-state index contributed by atoms with van der Waals surface area (Å²) in [6.07, 6.45) is 1.64. The minimum Gasteiger partial charge on any atom is -0.234 e. The second kappa shape index (κ2) is 5.03. The van der Waals surface area contributed by atoms with E-state index in [1.165, 1.54) is 0 Å². The van der Waals surface area contributed by atoms with Crippen LogP contribution in [-0.2, 0) is 11.0 Å². The number of hydrogen-bond acceptors (Lipinski definition) is 1. The van der Waals surface area contributed by atoms with E-state index >= 15 is 0 Å². The standard InChI is InChI=1S/C11H14BrNOS/c1-11(2,3)15(14)13-8-9-5-4-6-10(12)7-9/h4-8H,1-3H3. The summed E-state index contributed by atoms with van der Waals surface area (Å²) in [5.74, 6) is 0. The fourth-order valence-corrected chi connectivity index (χ4v) is 1.80. The van der Waals surface area contributed by atoms with Crippen LogP contribution in [0.1, 0.15) is 26.3 Å². The van der Waals surface area contributed by atoms with Gasteiger partial charge in [0, 0.05) is 10.7 Å². The summed E-state index contributed by atoms with van der Waals surface area (Å²) in [6, 6.07) is 7.72. The number of hydrogen-bond donors (Lipinski definition) is 0. The van der Waals surface area contributed by atoms with Gasteiger partial charge in [-0.05, 0) is 38.5 Å². The molecule has 0 spiro atoms. The van der Waals surface area contributed by atoms with Crippen molar-refractivity contribution < 1.29 is 4.21 Å². The number of nitrogens with zero attached hydrogens (tertiary/aromatic N) is 1. The van der Waals surface area contributed by atoms with E-state index < -0.39 is 11.0 Å². The highest BCUT2D eigenvalue weighted by Gasteiger charge is 2.17. The zero-order chi connectivity index (χ0) is 11.5. The van der Waals surface area contributed by atoms with Gasteiger partial charge in [0.25, 0.3) is 0 Å². The minimum absolute atomic E-state index is 0.303. The van der Waals surface area contributed by atoms with E-state index in [4.69, 9.17) is 0 Å². The Morgan fingerprint density at radius 1 is 1.40 bits per heavy atom. The number of benzene rings is 1. The first kappa shape index (κ1) is 12.6. The number of rotatable bonds is 2. The van der Waals surface area contributed by atoms with Gasteiger partial charge in [0.15, 0.2) is 0 Å². The highest BCUT2D eigenvalue weighted by molar-refractivity contribution is 9.10. The third kappa shape index (κ3) is 4.26. The third-order valence-corrected chi connectivity index (χ3v) is 3.51. The molecule has 4 heteroatoms. The summed E-state index contributed by atoms with van der Waals surface area (Å²) in [5, 5.41) is 0. The summed E-state index contributed by atoms with van der Waals surface area (Å²) < 4.78 is 16.3. The molecule has 0 bridgehead atoms. The van der Waals surface area contributed by atoms with Crippen LogP contribution in [-0.4, -0.2) is 15.2 Å². The molecule has 1 atom stereocenters. The van der Waals surface area contributed by atoms with Crippen molar-refractivity contribution in [2.24, 2.45) is 4.40 Å². The molecule has 1 aromatic carbocycles.